The first-order valence-electron chi connectivity index (χ1n) is 10.7. The summed E-state index contributed by atoms with van der Waals surface area (Å²) < 4.78 is 51.6. The van der Waals surface area contributed by atoms with E-state index in [4.69, 9.17) is 9.15 Å². The lowest BCUT2D eigenvalue weighted by atomic mass is 10.1. The fourth-order valence-corrected chi connectivity index (χ4v) is 4.84. The van der Waals surface area contributed by atoms with Crippen molar-refractivity contribution in [2.75, 3.05) is 12.0 Å². The Labute approximate surface area is 206 Å². The predicted molar refractivity (Wildman–Crippen MR) is 131 cm³/mol. The van der Waals surface area contributed by atoms with E-state index in [0.717, 1.165) is 17.4 Å². The summed E-state index contributed by atoms with van der Waals surface area (Å²) in [6, 6.07) is 19.0. The third-order valence-corrected chi connectivity index (χ3v) is 6.59. The van der Waals surface area contributed by atoms with Crippen LogP contribution in [-0.2, 0) is 12.7 Å². The van der Waals surface area contributed by atoms with E-state index in [9.17, 15) is 22.8 Å². The van der Waals surface area contributed by atoms with Crippen molar-refractivity contribution in [1.82, 2.24) is 4.98 Å². The van der Waals surface area contributed by atoms with E-state index < -0.39 is 23.3 Å². The number of anilines is 1. The average molecular weight is 510 g/mol. The Kier molecular flexibility index (Phi) is 5.97. The lowest BCUT2D eigenvalue weighted by Gasteiger charge is -2.20. The number of thiazole rings is 1. The van der Waals surface area contributed by atoms with Gasteiger partial charge in [-0.15, -0.1) is 0 Å². The molecule has 0 spiro atoms. The summed E-state index contributed by atoms with van der Waals surface area (Å²) >= 11 is 0.935. The van der Waals surface area contributed by atoms with E-state index in [-0.39, 0.29) is 33.0 Å². The molecule has 5 aromatic rings. The van der Waals surface area contributed by atoms with Crippen LogP contribution < -0.4 is 15.3 Å². The van der Waals surface area contributed by atoms with Crippen molar-refractivity contribution in [3.63, 3.8) is 0 Å². The summed E-state index contributed by atoms with van der Waals surface area (Å²) in [6.45, 7) is -0.0174. The highest BCUT2D eigenvalue weighted by Gasteiger charge is 2.34. The number of methoxy groups -OCH3 is 1. The highest BCUT2D eigenvalue weighted by molar-refractivity contribution is 7.22. The molecule has 0 aliphatic heterocycles. The Morgan fingerprint density at radius 2 is 1.81 bits per heavy atom. The van der Waals surface area contributed by atoms with Crippen LogP contribution >= 0.6 is 11.3 Å². The van der Waals surface area contributed by atoms with E-state index >= 15 is 0 Å². The van der Waals surface area contributed by atoms with Crippen LogP contribution in [0.3, 0.4) is 0 Å². The van der Waals surface area contributed by atoms with Crippen molar-refractivity contribution in [2.45, 2.75) is 12.7 Å². The Bertz CT molecular complexity index is 1640. The van der Waals surface area contributed by atoms with Crippen molar-refractivity contribution in [3.8, 4) is 5.75 Å². The molecule has 0 saturated carbocycles. The number of hydrogen-bond acceptors (Lipinski definition) is 6. The van der Waals surface area contributed by atoms with Crippen LogP contribution in [0, 0.1) is 0 Å². The molecule has 0 N–H and O–H groups in total. The Morgan fingerprint density at radius 1 is 1.06 bits per heavy atom. The lowest BCUT2D eigenvalue weighted by molar-refractivity contribution is -0.136. The van der Waals surface area contributed by atoms with Crippen molar-refractivity contribution in [2.24, 2.45) is 0 Å². The van der Waals surface area contributed by atoms with Gasteiger partial charge in [-0.3, -0.25) is 9.69 Å². The molecular weight excluding hydrogens is 493 g/mol. The minimum absolute atomic E-state index is 0.0174. The van der Waals surface area contributed by atoms with Gasteiger partial charge in [0.2, 0.25) is 0 Å². The van der Waals surface area contributed by atoms with Gasteiger partial charge in [-0.25, -0.2) is 9.78 Å². The van der Waals surface area contributed by atoms with Crippen LogP contribution in [0.15, 0.2) is 82.0 Å². The maximum atomic E-state index is 13.7. The Balaban J connectivity index is 1.66. The second-order valence-corrected chi connectivity index (χ2v) is 8.86. The normalized spacial score (nSPS) is 11.7. The van der Waals surface area contributed by atoms with Crippen molar-refractivity contribution < 1.29 is 27.1 Å². The minimum atomic E-state index is -4.61. The van der Waals surface area contributed by atoms with Gasteiger partial charge in [0.1, 0.15) is 5.56 Å². The van der Waals surface area contributed by atoms with Gasteiger partial charge in [-0.2, -0.15) is 13.2 Å². The molecule has 0 fully saturated rings. The monoisotopic (exact) mass is 510 g/mol. The van der Waals surface area contributed by atoms with Crippen LogP contribution in [0.25, 0.3) is 21.2 Å². The standard InChI is InChI=1S/C26H17F3N2O4S/c1-34-19-11-5-9-16-13-17(24(33)35-22(16)19)23(32)31(14-15-7-3-2-4-8-15)25-30-21-18(26(27,28)29)10-6-12-20(21)36-25/h2-13H,14H2,1H3. The van der Waals surface area contributed by atoms with Gasteiger partial charge in [-0.1, -0.05) is 59.9 Å². The summed E-state index contributed by atoms with van der Waals surface area (Å²) in [6.07, 6.45) is -4.61. The largest absolute Gasteiger partial charge is 0.493 e. The molecule has 36 heavy (non-hydrogen) atoms. The Hall–Kier alpha value is -4.18. The first-order valence-corrected chi connectivity index (χ1v) is 11.5. The molecule has 0 bridgehead atoms. The molecule has 1 amide bonds. The average Bonchev–Trinajstić information content (AvgIpc) is 3.30. The number of carbonyl (C=O) groups is 1. The SMILES string of the molecule is COc1cccc2cc(C(=O)N(Cc3ccccc3)c3nc4c(C(F)(F)F)cccc4s3)c(=O)oc12. The van der Waals surface area contributed by atoms with E-state index in [0.29, 0.717) is 16.7 Å². The van der Waals surface area contributed by atoms with E-state index in [2.05, 4.69) is 4.98 Å². The zero-order chi connectivity index (χ0) is 25.4. The molecule has 182 valence electrons. The van der Waals surface area contributed by atoms with Crippen LogP contribution in [0.2, 0.25) is 0 Å². The Morgan fingerprint density at radius 3 is 2.53 bits per heavy atom. The minimum Gasteiger partial charge on any atom is -0.493 e. The maximum Gasteiger partial charge on any atom is 0.418 e. The predicted octanol–water partition coefficient (Wildman–Crippen LogP) is 6.28. The number of rotatable bonds is 5. The van der Waals surface area contributed by atoms with Crippen LogP contribution in [0.1, 0.15) is 21.5 Å². The van der Waals surface area contributed by atoms with Crippen molar-refractivity contribution in [3.05, 3.63) is 99.9 Å². The highest BCUT2D eigenvalue weighted by atomic mass is 32.1. The molecule has 6 nitrogen and oxygen atoms in total. The first-order chi connectivity index (χ1) is 17.3. The second kappa shape index (κ2) is 9.12. The quantitative estimate of drug-likeness (QED) is 0.260. The van der Waals surface area contributed by atoms with Gasteiger partial charge >= 0.3 is 11.8 Å². The number of carbonyl (C=O) groups excluding carboxylic acids is 1. The van der Waals surface area contributed by atoms with E-state index in [1.807, 2.05) is 0 Å². The second-order valence-electron chi connectivity index (χ2n) is 7.85. The summed E-state index contributed by atoms with van der Waals surface area (Å²) in [5, 5.41) is 0.487. The third kappa shape index (κ3) is 4.31. The van der Waals surface area contributed by atoms with Crippen LogP contribution in [0.5, 0.6) is 5.75 Å². The van der Waals surface area contributed by atoms with Gasteiger partial charge in [0.25, 0.3) is 5.91 Å². The molecule has 0 aliphatic rings. The van der Waals surface area contributed by atoms with Crippen LogP contribution in [-0.4, -0.2) is 18.0 Å². The number of para-hydroxylation sites is 2. The molecule has 0 aliphatic carbocycles. The van der Waals surface area contributed by atoms with Gasteiger partial charge in [0, 0.05) is 5.39 Å². The number of aromatic nitrogens is 1. The van der Waals surface area contributed by atoms with Crippen molar-refractivity contribution >= 4 is 43.6 Å². The zero-order valence-electron chi connectivity index (χ0n) is 18.7. The van der Waals surface area contributed by atoms with Gasteiger partial charge in [-0.05, 0) is 29.8 Å². The summed E-state index contributed by atoms with van der Waals surface area (Å²) in [5.74, 6) is -0.416. The molecule has 5 rings (SSSR count). The summed E-state index contributed by atoms with van der Waals surface area (Å²) in [7, 11) is 1.43. The van der Waals surface area contributed by atoms with Gasteiger partial charge < -0.3 is 9.15 Å². The first kappa shape index (κ1) is 23.6. The number of ether oxygens (including phenoxy) is 1. The van der Waals surface area contributed by atoms with E-state index in [1.165, 1.54) is 30.2 Å². The molecule has 0 saturated heterocycles. The highest BCUT2D eigenvalue weighted by Crippen LogP contribution is 2.39. The number of hydrogen-bond donors (Lipinski definition) is 0. The topological polar surface area (TPSA) is 72.6 Å². The number of amides is 1. The molecule has 3 aromatic carbocycles. The smallest absolute Gasteiger partial charge is 0.418 e. The molecule has 0 radical (unpaired) electrons. The summed E-state index contributed by atoms with van der Waals surface area (Å²) in [4.78, 5) is 31.9. The zero-order valence-corrected chi connectivity index (χ0v) is 19.5. The molecular formula is C26H17F3N2O4S. The molecule has 10 heteroatoms. The number of benzene rings is 3. The number of halogens is 3. The fraction of sp³-hybridized carbons (Fsp3) is 0.115. The third-order valence-electron chi connectivity index (χ3n) is 5.55. The lowest BCUT2D eigenvalue weighted by Crippen LogP contribution is -2.33. The molecule has 2 heterocycles. The number of alkyl halides is 3. The van der Waals surface area contributed by atoms with E-state index in [1.54, 1.807) is 48.5 Å². The van der Waals surface area contributed by atoms with Gasteiger partial charge in [0.05, 0.1) is 29.4 Å². The maximum absolute atomic E-state index is 13.7. The molecule has 2 aromatic heterocycles. The number of nitrogens with zero attached hydrogens (tertiary/aromatic N) is 2. The summed E-state index contributed by atoms with van der Waals surface area (Å²) in [5.41, 5.74) is -1.44. The molecule has 0 unspecified atom stereocenters. The van der Waals surface area contributed by atoms with Crippen molar-refractivity contribution in [1.29, 1.82) is 0 Å². The number of fused-ring (bicyclic) bond motifs is 2. The fourth-order valence-electron chi connectivity index (χ4n) is 3.85. The van der Waals surface area contributed by atoms with Gasteiger partial charge in [0.15, 0.2) is 16.5 Å². The molecule has 0 atom stereocenters. The van der Waals surface area contributed by atoms with Crippen LogP contribution in [0.4, 0.5) is 18.3 Å².